The SMILES string of the molecule is COc1ccc(C=C2SC(=O)N(CCNC(=O)C3CCCC3)C2=O)cc1. The number of hydrogen-bond acceptors (Lipinski definition) is 5. The summed E-state index contributed by atoms with van der Waals surface area (Å²) >= 11 is 0.925. The highest BCUT2D eigenvalue weighted by Gasteiger charge is 2.34. The molecule has 7 heteroatoms. The van der Waals surface area contributed by atoms with Crippen LogP contribution in [0.3, 0.4) is 0 Å². The first-order chi connectivity index (χ1) is 12.6. The fourth-order valence-corrected chi connectivity index (χ4v) is 4.03. The van der Waals surface area contributed by atoms with Crippen LogP contribution in [0.1, 0.15) is 31.2 Å². The van der Waals surface area contributed by atoms with Gasteiger partial charge in [-0.25, -0.2) is 0 Å². The maximum atomic E-state index is 12.5. The minimum atomic E-state index is -0.314. The summed E-state index contributed by atoms with van der Waals surface area (Å²) in [5.74, 6) is 0.530. The third-order valence-electron chi connectivity index (χ3n) is 4.65. The zero-order chi connectivity index (χ0) is 18.5. The van der Waals surface area contributed by atoms with E-state index in [1.54, 1.807) is 25.3 Å². The number of nitrogens with zero attached hydrogens (tertiary/aromatic N) is 1. The number of rotatable bonds is 6. The first kappa shape index (κ1) is 18.5. The van der Waals surface area contributed by atoms with Crippen molar-refractivity contribution in [3.8, 4) is 5.75 Å². The molecule has 1 aliphatic heterocycles. The van der Waals surface area contributed by atoms with E-state index in [1.165, 1.54) is 4.90 Å². The zero-order valence-corrected chi connectivity index (χ0v) is 15.5. The summed E-state index contributed by atoms with van der Waals surface area (Å²) in [7, 11) is 1.59. The summed E-state index contributed by atoms with van der Waals surface area (Å²) in [6.07, 6.45) is 5.74. The van der Waals surface area contributed by atoms with Crippen LogP contribution in [0, 0.1) is 5.92 Å². The molecule has 0 atom stereocenters. The van der Waals surface area contributed by atoms with Crippen LogP contribution in [0.5, 0.6) is 5.75 Å². The Morgan fingerprint density at radius 3 is 2.62 bits per heavy atom. The Kier molecular flexibility index (Phi) is 5.98. The minimum Gasteiger partial charge on any atom is -0.497 e. The predicted molar refractivity (Wildman–Crippen MR) is 101 cm³/mol. The lowest BCUT2D eigenvalue weighted by atomic mass is 10.1. The summed E-state index contributed by atoms with van der Waals surface area (Å²) in [4.78, 5) is 38.2. The molecular weight excluding hydrogens is 352 g/mol. The monoisotopic (exact) mass is 374 g/mol. The average Bonchev–Trinajstić information content (AvgIpc) is 3.27. The summed E-state index contributed by atoms with van der Waals surface area (Å²) < 4.78 is 5.11. The summed E-state index contributed by atoms with van der Waals surface area (Å²) in [5.41, 5.74) is 0.825. The Labute approximate surface area is 157 Å². The molecule has 26 heavy (non-hydrogen) atoms. The molecule has 3 amide bonds. The Hall–Kier alpha value is -2.28. The smallest absolute Gasteiger partial charge is 0.293 e. The second-order valence-electron chi connectivity index (χ2n) is 6.38. The van der Waals surface area contributed by atoms with Gasteiger partial charge in [0.05, 0.1) is 12.0 Å². The highest BCUT2D eigenvalue weighted by Crippen LogP contribution is 2.32. The number of nitrogens with one attached hydrogen (secondary N) is 1. The highest BCUT2D eigenvalue weighted by atomic mass is 32.2. The highest BCUT2D eigenvalue weighted by molar-refractivity contribution is 8.18. The van der Waals surface area contributed by atoms with Crippen LogP contribution in [0.2, 0.25) is 0 Å². The van der Waals surface area contributed by atoms with Crippen LogP contribution in [0.25, 0.3) is 6.08 Å². The van der Waals surface area contributed by atoms with Gasteiger partial charge in [0.15, 0.2) is 0 Å². The first-order valence-corrected chi connectivity index (χ1v) is 9.57. The third-order valence-corrected chi connectivity index (χ3v) is 5.56. The quantitative estimate of drug-likeness (QED) is 0.775. The van der Waals surface area contributed by atoms with Gasteiger partial charge >= 0.3 is 0 Å². The number of amides is 3. The number of benzene rings is 1. The number of thioether (sulfide) groups is 1. The lowest BCUT2D eigenvalue weighted by Crippen LogP contribution is -2.39. The molecule has 0 unspecified atom stereocenters. The van der Waals surface area contributed by atoms with Crippen LogP contribution in [0.15, 0.2) is 29.2 Å². The second kappa shape index (κ2) is 8.40. The van der Waals surface area contributed by atoms with E-state index in [9.17, 15) is 14.4 Å². The largest absolute Gasteiger partial charge is 0.497 e. The van der Waals surface area contributed by atoms with Crippen molar-refractivity contribution in [2.24, 2.45) is 5.92 Å². The van der Waals surface area contributed by atoms with E-state index in [0.29, 0.717) is 11.4 Å². The van der Waals surface area contributed by atoms with Crippen molar-refractivity contribution in [2.45, 2.75) is 25.7 Å². The normalized spacial score (nSPS) is 19.4. The number of ether oxygens (including phenoxy) is 1. The van der Waals surface area contributed by atoms with Crippen LogP contribution in [0.4, 0.5) is 4.79 Å². The molecule has 0 aromatic heterocycles. The van der Waals surface area contributed by atoms with Crippen LogP contribution in [-0.4, -0.2) is 42.2 Å². The van der Waals surface area contributed by atoms with Gasteiger partial charge in [-0.05, 0) is 48.4 Å². The van der Waals surface area contributed by atoms with E-state index in [-0.39, 0.29) is 29.5 Å². The Morgan fingerprint density at radius 1 is 1.27 bits per heavy atom. The lowest BCUT2D eigenvalue weighted by Gasteiger charge is -2.14. The average molecular weight is 374 g/mol. The third kappa shape index (κ3) is 4.27. The maximum Gasteiger partial charge on any atom is 0.293 e. The van der Waals surface area contributed by atoms with Crippen LogP contribution < -0.4 is 10.1 Å². The molecule has 1 saturated carbocycles. The van der Waals surface area contributed by atoms with E-state index in [1.807, 2.05) is 12.1 Å². The van der Waals surface area contributed by atoms with Gasteiger partial charge in [-0.1, -0.05) is 25.0 Å². The molecule has 3 rings (SSSR count). The summed E-state index contributed by atoms with van der Waals surface area (Å²) in [5, 5.41) is 2.54. The number of methoxy groups -OCH3 is 1. The predicted octanol–water partition coefficient (Wildman–Crippen LogP) is 3.04. The molecule has 1 aromatic rings. The number of carbonyl (C=O) groups is 3. The molecule has 1 N–H and O–H groups in total. The molecule has 0 spiro atoms. The standard InChI is InChI=1S/C19H22N2O4S/c1-25-15-8-6-13(7-9-15)12-16-18(23)21(19(24)26-16)11-10-20-17(22)14-4-2-3-5-14/h6-9,12,14H,2-5,10-11H2,1H3,(H,20,22). The van der Waals surface area contributed by atoms with E-state index in [2.05, 4.69) is 5.32 Å². The van der Waals surface area contributed by atoms with Gasteiger partial charge in [-0.15, -0.1) is 0 Å². The van der Waals surface area contributed by atoms with Gasteiger partial charge in [0.1, 0.15) is 5.75 Å². The fourth-order valence-electron chi connectivity index (χ4n) is 3.17. The topological polar surface area (TPSA) is 75.7 Å². The molecule has 0 radical (unpaired) electrons. The van der Waals surface area contributed by atoms with Gasteiger partial charge in [0, 0.05) is 19.0 Å². The van der Waals surface area contributed by atoms with E-state index >= 15 is 0 Å². The van der Waals surface area contributed by atoms with Crippen molar-refractivity contribution in [3.05, 3.63) is 34.7 Å². The van der Waals surface area contributed by atoms with Gasteiger partial charge < -0.3 is 10.1 Å². The Morgan fingerprint density at radius 2 is 1.96 bits per heavy atom. The van der Waals surface area contributed by atoms with Crippen molar-refractivity contribution < 1.29 is 19.1 Å². The summed E-state index contributed by atoms with van der Waals surface area (Å²) in [6.45, 7) is 0.492. The number of hydrogen-bond donors (Lipinski definition) is 1. The molecule has 0 bridgehead atoms. The minimum absolute atomic E-state index is 0.0308. The van der Waals surface area contributed by atoms with Crippen LogP contribution >= 0.6 is 11.8 Å². The van der Waals surface area contributed by atoms with Crippen LogP contribution in [-0.2, 0) is 9.59 Å². The van der Waals surface area contributed by atoms with Gasteiger partial charge in [-0.2, -0.15) is 0 Å². The molecule has 1 heterocycles. The van der Waals surface area contributed by atoms with Crippen molar-refractivity contribution in [1.82, 2.24) is 10.2 Å². The van der Waals surface area contributed by atoms with Crippen molar-refractivity contribution in [1.29, 1.82) is 0 Å². The van der Waals surface area contributed by atoms with Gasteiger partial charge in [-0.3, -0.25) is 19.3 Å². The molecular formula is C19H22N2O4S. The van der Waals surface area contributed by atoms with Crippen molar-refractivity contribution in [3.63, 3.8) is 0 Å². The zero-order valence-electron chi connectivity index (χ0n) is 14.7. The van der Waals surface area contributed by atoms with Crippen molar-refractivity contribution in [2.75, 3.05) is 20.2 Å². The molecule has 2 aliphatic rings. The van der Waals surface area contributed by atoms with E-state index < -0.39 is 0 Å². The fraction of sp³-hybridized carbons (Fsp3) is 0.421. The lowest BCUT2D eigenvalue weighted by molar-refractivity contribution is -0.126. The van der Waals surface area contributed by atoms with Gasteiger partial charge in [0.25, 0.3) is 11.1 Å². The molecule has 1 aliphatic carbocycles. The van der Waals surface area contributed by atoms with Crippen molar-refractivity contribution >= 4 is 34.9 Å². The number of imide groups is 1. The Bertz CT molecular complexity index is 724. The van der Waals surface area contributed by atoms with Gasteiger partial charge in [0.2, 0.25) is 5.91 Å². The first-order valence-electron chi connectivity index (χ1n) is 8.75. The summed E-state index contributed by atoms with van der Waals surface area (Å²) in [6, 6.07) is 7.26. The number of carbonyl (C=O) groups excluding carboxylic acids is 3. The molecule has 2 fully saturated rings. The molecule has 138 valence electrons. The molecule has 1 saturated heterocycles. The molecule has 1 aromatic carbocycles. The van der Waals surface area contributed by atoms with E-state index in [4.69, 9.17) is 4.74 Å². The second-order valence-corrected chi connectivity index (χ2v) is 7.37. The maximum absolute atomic E-state index is 12.5. The Balaban J connectivity index is 1.55. The molecule has 6 nitrogen and oxygen atoms in total. The van der Waals surface area contributed by atoms with E-state index in [0.717, 1.165) is 48.8 Å².